The molecule has 26 heavy (non-hydrogen) atoms. The number of aromatic nitrogens is 3. The summed E-state index contributed by atoms with van der Waals surface area (Å²) in [5, 5.41) is 8.00. The Morgan fingerprint density at radius 2 is 1.65 bits per heavy atom. The lowest BCUT2D eigenvalue weighted by Crippen LogP contribution is -2.28. The Morgan fingerprint density at radius 1 is 0.846 bits per heavy atom. The van der Waals surface area contributed by atoms with Crippen molar-refractivity contribution in [3.8, 4) is 0 Å². The summed E-state index contributed by atoms with van der Waals surface area (Å²) in [6.45, 7) is 0.294. The van der Waals surface area contributed by atoms with E-state index in [1.165, 1.54) is 6.20 Å². The van der Waals surface area contributed by atoms with Crippen molar-refractivity contribution in [2.45, 2.75) is 6.54 Å². The largest absolute Gasteiger partial charge is 0.332 e. The van der Waals surface area contributed by atoms with Crippen LogP contribution in [-0.2, 0) is 6.54 Å². The van der Waals surface area contributed by atoms with Crippen molar-refractivity contribution in [2.24, 2.45) is 0 Å². The molecular formula is C18H16N6O2. The van der Waals surface area contributed by atoms with Gasteiger partial charge in [0.1, 0.15) is 11.5 Å². The topological polar surface area (TPSA) is 109 Å². The summed E-state index contributed by atoms with van der Waals surface area (Å²) in [4.78, 5) is 36.2. The van der Waals surface area contributed by atoms with Gasteiger partial charge in [-0.1, -0.05) is 12.1 Å². The Hall–Kier alpha value is -3.81. The maximum Gasteiger partial charge on any atom is 0.320 e. The molecule has 8 heteroatoms. The van der Waals surface area contributed by atoms with Crippen LogP contribution in [0.15, 0.2) is 67.1 Å². The average molecular weight is 348 g/mol. The van der Waals surface area contributed by atoms with Crippen LogP contribution in [0.25, 0.3) is 0 Å². The number of pyridine rings is 3. The normalized spacial score (nSPS) is 10.0. The van der Waals surface area contributed by atoms with Gasteiger partial charge in [0.25, 0.3) is 5.91 Å². The molecule has 3 amide bonds. The highest BCUT2D eigenvalue weighted by atomic mass is 16.2. The lowest BCUT2D eigenvalue weighted by molar-refractivity contribution is 0.102. The van der Waals surface area contributed by atoms with Crippen molar-refractivity contribution in [1.82, 2.24) is 20.3 Å². The quantitative estimate of drug-likeness (QED) is 0.656. The van der Waals surface area contributed by atoms with Gasteiger partial charge in [-0.15, -0.1) is 0 Å². The highest BCUT2D eigenvalue weighted by molar-refractivity contribution is 6.03. The summed E-state index contributed by atoms with van der Waals surface area (Å²) in [6.07, 6.45) is 4.69. The molecule has 130 valence electrons. The van der Waals surface area contributed by atoms with Crippen LogP contribution < -0.4 is 16.0 Å². The van der Waals surface area contributed by atoms with Gasteiger partial charge >= 0.3 is 6.03 Å². The van der Waals surface area contributed by atoms with E-state index in [2.05, 4.69) is 30.9 Å². The Balaban J connectivity index is 1.57. The summed E-state index contributed by atoms with van der Waals surface area (Å²) in [5.41, 5.74) is 1.54. The van der Waals surface area contributed by atoms with Crippen molar-refractivity contribution < 1.29 is 9.59 Å². The van der Waals surface area contributed by atoms with E-state index in [4.69, 9.17) is 0 Å². The third-order valence-corrected chi connectivity index (χ3v) is 3.31. The number of amides is 3. The number of hydrogen-bond donors (Lipinski definition) is 3. The third kappa shape index (κ3) is 4.84. The zero-order valence-corrected chi connectivity index (χ0v) is 13.7. The minimum atomic E-state index is -0.420. The second-order valence-corrected chi connectivity index (χ2v) is 5.23. The molecule has 0 radical (unpaired) electrons. The van der Waals surface area contributed by atoms with E-state index in [1.54, 1.807) is 48.8 Å². The molecule has 0 saturated heterocycles. The molecule has 3 aromatic heterocycles. The maximum absolute atomic E-state index is 12.1. The molecule has 0 spiro atoms. The minimum absolute atomic E-state index is 0.294. The molecule has 0 aromatic carbocycles. The first kappa shape index (κ1) is 17.0. The molecule has 8 nitrogen and oxygen atoms in total. The molecule has 0 fully saturated rings. The molecule has 0 saturated carbocycles. The van der Waals surface area contributed by atoms with Crippen LogP contribution in [0.4, 0.5) is 16.3 Å². The van der Waals surface area contributed by atoms with Crippen molar-refractivity contribution in [3.05, 3.63) is 78.5 Å². The number of urea groups is 1. The van der Waals surface area contributed by atoms with Crippen molar-refractivity contribution in [3.63, 3.8) is 0 Å². The number of rotatable bonds is 5. The van der Waals surface area contributed by atoms with Gasteiger partial charge in [-0.2, -0.15) is 0 Å². The molecular weight excluding hydrogens is 332 g/mol. The van der Waals surface area contributed by atoms with Gasteiger partial charge in [-0.05, 0) is 30.3 Å². The van der Waals surface area contributed by atoms with Crippen LogP contribution in [0.1, 0.15) is 16.2 Å². The fourth-order valence-electron chi connectivity index (χ4n) is 2.10. The van der Waals surface area contributed by atoms with Crippen LogP contribution in [0.3, 0.4) is 0 Å². The van der Waals surface area contributed by atoms with Crippen molar-refractivity contribution in [2.75, 3.05) is 10.6 Å². The Kier molecular flexibility index (Phi) is 5.46. The Morgan fingerprint density at radius 3 is 2.38 bits per heavy atom. The van der Waals surface area contributed by atoms with E-state index in [-0.39, 0.29) is 5.91 Å². The Labute approximate surface area is 149 Å². The first-order valence-corrected chi connectivity index (χ1v) is 7.84. The predicted octanol–water partition coefficient (Wildman–Crippen LogP) is 2.45. The molecule has 0 atom stereocenters. The highest BCUT2D eigenvalue weighted by Gasteiger charge is 2.08. The molecule has 0 aliphatic heterocycles. The summed E-state index contributed by atoms with van der Waals surface area (Å²) >= 11 is 0. The van der Waals surface area contributed by atoms with Crippen LogP contribution in [0.5, 0.6) is 0 Å². The van der Waals surface area contributed by atoms with Gasteiger partial charge in [0.15, 0.2) is 0 Å². The molecule has 0 aliphatic carbocycles. The summed E-state index contributed by atoms with van der Waals surface area (Å²) in [7, 11) is 0. The summed E-state index contributed by atoms with van der Waals surface area (Å²) in [5.74, 6) is -0.0373. The number of hydrogen-bond acceptors (Lipinski definition) is 5. The molecule has 0 unspecified atom stereocenters. The number of nitrogens with one attached hydrogen (secondary N) is 3. The SMILES string of the molecule is O=C(NCc1ccccn1)Nc1cc(NC(=O)c2ccccn2)ccn1. The molecule has 3 heterocycles. The lowest BCUT2D eigenvalue weighted by atomic mass is 10.3. The number of carbonyl (C=O) groups is 2. The van der Waals surface area contributed by atoms with Gasteiger partial charge in [0, 0.05) is 30.3 Å². The van der Waals surface area contributed by atoms with E-state index in [9.17, 15) is 9.59 Å². The molecule has 3 rings (SSSR count). The first-order chi connectivity index (χ1) is 12.7. The lowest BCUT2D eigenvalue weighted by Gasteiger charge is -2.09. The van der Waals surface area contributed by atoms with Crippen LogP contribution in [0.2, 0.25) is 0 Å². The molecule has 0 bridgehead atoms. The number of nitrogens with zero attached hydrogens (tertiary/aromatic N) is 3. The van der Waals surface area contributed by atoms with E-state index >= 15 is 0 Å². The van der Waals surface area contributed by atoms with Crippen molar-refractivity contribution >= 4 is 23.4 Å². The van der Waals surface area contributed by atoms with Crippen LogP contribution in [-0.4, -0.2) is 26.9 Å². The number of anilines is 2. The maximum atomic E-state index is 12.1. The number of carbonyl (C=O) groups excluding carboxylic acids is 2. The van der Waals surface area contributed by atoms with Crippen LogP contribution >= 0.6 is 0 Å². The monoisotopic (exact) mass is 348 g/mol. The fourth-order valence-corrected chi connectivity index (χ4v) is 2.10. The third-order valence-electron chi connectivity index (χ3n) is 3.31. The van der Waals surface area contributed by atoms with Gasteiger partial charge in [0.05, 0.1) is 12.2 Å². The Bertz CT molecular complexity index is 886. The zero-order valence-electron chi connectivity index (χ0n) is 13.7. The second-order valence-electron chi connectivity index (χ2n) is 5.23. The summed E-state index contributed by atoms with van der Waals surface area (Å²) < 4.78 is 0. The smallest absolute Gasteiger partial charge is 0.320 e. The minimum Gasteiger partial charge on any atom is -0.332 e. The fraction of sp³-hybridized carbons (Fsp3) is 0.0556. The average Bonchev–Trinajstić information content (AvgIpc) is 2.68. The van der Waals surface area contributed by atoms with Gasteiger partial charge in [0.2, 0.25) is 0 Å². The van der Waals surface area contributed by atoms with E-state index in [1.807, 2.05) is 12.1 Å². The highest BCUT2D eigenvalue weighted by Crippen LogP contribution is 2.13. The molecule has 0 aliphatic rings. The standard InChI is InChI=1S/C18H16N6O2/c25-17(15-6-2-4-9-20-15)23-13-7-10-21-16(11-13)24-18(26)22-12-14-5-1-3-8-19-14/h1-11H,12H2,(H3,21,22,23,24,25,26). The van der Waals surface area contributed by atoms with Gasteiger partial charge < -0.3 is 10.6 Å². The molecule has 3 aromatic rings. The summed E-state index contributed by atoms with van der Waals surface area (Å²) in [6, 6.07) is 13.3. The van der Waals surface area contributed by atoms with Gasteiger partial charge in [-0.3, -0.25) is 20.1 Å². The molecule has 3 N–H and O–H groups in total. The van der Waals surface area contributed by atoms with E-state index in [0.29, 0.717) is 23.7 Å². The van der Waals surface area contributed by atoms with E-state index in [0.717, 1.165) is 5.69 Å². The van der Waals surface area contributed by atoms with E-state index < -0.39 is 6.03 Å². The van der Waals surface area contributed by atoms with Crippen LogP contribution in [0, 0.1) is 0 Å². The van der Waals surface area contributed by atoms with Crippen molar-refractivity contribution in [1.29, 1.82) is 0 Å². The zero-order chi connectivity index (χ0) is 18.2. The first-order valence-electron chi connectivity index (χ1n) is 7.84. The predicted molar refractivity (Wildman–Crippen MR) is 96.5 cm³/mol. The van der Waals surface area contributed by atoms with Gasteiger partial charge in [-0.25, -0.2) is 9.78 Å². The second kappa shape index (κ2) is 8.34.